The molecular weight excluding hydrogens is 368 g/mol. The van der Waals surface area contributed by atoms with Crippen molar-refractivity contribution in [1.29, 1.82) is 0 Å². The summed E-state index contributed by atoms with van der Waals surface area (Å²) in [7, 11) is 3.21. The van der Waals surface area contributed by atoms with Gasteiger partial charge in [0.05, 0.1) is 25.8 Å². The third-order valence-corrected chi connectivity index (χ3v) is 6.02. The Balaban J connectivity index is 2.19. The van der Waals surface area contributed by atoms with Crippen LogP contribution in [0.1, 0.15) is 49.6 Å². The average molecular weight is 401 g/mol. The Bertz CT molecular complexity index is 914. The Morgan fingerprint density at radius 3 is 2.38 bits per heavy atom. The smallest absolute Gasteiger partial charge is 0.259 e. The lowest BCUT2D eigenvalue weighted by atomic mass is 9.91. The molecule has 1 aliphatic rings. The molecule has 1 unspecified atom stereocenters. The van der Waals surface area contributed by atoms with Crippen LogP contribution in [0.4, 0.5) is 0 Å². The first-order valence-electron chi connectivity index (χ1n) is 10.3. The van der Waals surface area contributed by atoms with Gasteiger partial charge in [-0.3, -0.25) is 9.69 Å². The molecule has 0 spiro atoms. The summed E-state index contributed by atoms with van der Waals surface area (Å²) in [6, 6.07) is 7.08. The highest BCUT2D eigenvalue weighted by atomic mass is 16.5. The summed E-state index contributed by atoms with van der Waals surface area (Å²) in [6.07, 6.45) is 2.14. The number of aryl methyl sites for hydroxylation is 1. The van der Waals surface area contributed by atoms with Crippen molar-refractivity contribution < 1.29 is 14.6 Å². The van der Waals surface area contributed by atoms with E-state index in [1.807, 2.05) is 32.0 Å². The van der Waals surface area contributed by atoms with Crippen molar-refractivity contribution in [1.82, 2.24) is 9.47 Å². The van der Waals surface area contributed by atoms with E-state index in [0.717, 1.165) is 37.2 Å². The van der Waals surface area contributed by atoms with Crippen LogP contribution in [0.25, 0.3) is 0 Å². The summed E-state index contributed by atoms with van der Waals surface area (Å²) in [6.45, 7) is 8.37. The number of likely N-dealkylation sites (tertiary alicyclic amines) is 1. The molecule has 0 amide bonds. The fourth-order valence-electron chi connectivity index (χ4n) is 4.29. The lowest BCUT2D eigenvalue weighted by Crippen LogP contribution is -2.40. The van der Waals surface area contributed by atoms with E-state index < -0.39 is 0 Å². The highest BCUT2D eigenvalue weighted by molar-refractivity contribution is 5.48. The van der Waals surface area contributed by atoms with Crippen LogP contribution in [0.15, 0.2) is 29.1 Å². The third-order valence-electron chi connectivity index (χ3n) is 6.02. The van der Waals surface area contributed by atoms with Crippen molar-refractivity contribution >= 4 is 0 Å². The molecule has 2 aromatic rings. The molecule has 1 aromatic carbocycles. The third kappa shape index (κ3) is 4.13. The number of aromatic nitrogens is 1. The zero-order valence-corrected chi connectivity index (χ0v) is 18.1. The molecule has 6 heteroatoms. The molecule has 158 valence electrons. The number of aromatic hydroxyl groups is 1. The Hall–Kier alpha value is -2.47. The van der Waals surface area contributed by atoms with Gasteiger partial charge in [-0.05, 0) is 69.5 Å². The highest BCUT2D eigenvalue weighted by Gasteiger charge is 2.31. The first kappa shape index (κ1) is 21.2. The largest absolute Gasteiger partial charge is 0.507 e. The van der Waals surface area contributed by atoms with E-state index in [4.69, 9.17) is 9.47 Å². The van der Waals surface area contributed by atoms with Crippen molar-refractivity contribution in [2.24, 2.45) is 5.92 Å². The second-order valence-corrected chi connectivity index (χ2v) is 7.87. The molecular formula is C23H32N2O4. The molecule has 2 heterocycles. The molecule has 0 bridgehead atoms. The molecule has 1 N–H and O–H groups in total. The molecule has 29 heavy (non-hydrogen) atoms. The van der Waals surface area contributed by atoms with Crippen LogP contribution in [0.3, 0.4) is 0 Å². The molecule has 1 atom stereocenters. The van der Waals surface area contributed by atoms with E-state index in [9.17, 15) is 9.90 Å². The van der Waals surface area contributed by atoms with Crippen molar-refractivity contribution in [2.75, 3.05) is 27.3 Å². The van der Waals surface area contributed by atoms with Crippen molar-refractivity contribution in [3.05, 3.63) is 51.4 Å². The normalized spacial score (nSPS) is 16.6. The molecule has 0 radical (unpaired) electrons. The Morgan fingerprint density at radius 1 is 1.14 bits per heavy atom. The SMILES string of the molecule is CCn1c(C)cc(O)c(C(c2ccc(OC)c(OC)c2)N2CCC(C)CC2)c1=O. The molecule has 1 aliphatic heterocycles. The van der Waals surface area contributed by atoms with Crippen molar-refractivity contribution in [3.63, 3.8) is 0 Å². The van der Waals surface area contributed by atoms with Crippen LogP contribution in [-0.2, 0) is 6.54 Å². The van der Waals surface area contributed by atoms with Gasteiger partial charge in [-0.25, -0.2) is 0 Å². The maximum Gasteiger partial charge on any atom is 0.259 e. The minimum atomic E-state index is -0.340. The van der Waals surface area contributed by atoms with Crippen molar-refractivity contribution in [2.45, 2.75) is 46.2 Å². The summed E-state index contributed by atoms with van der Waals surface area (Å²) in [4.78, 5) is 15.7. The van der Waals surface area contributed by atoms with Gasteiger partial charge in [0.15, 0.2) is 11.5 Å². The molecule has 1 aromatic heterocycles. The van der Waals surface area contributed by atoms with E-state index in [-0.39, 0.29) is 17.4 Å². The quantitative estimate of drug-likeness (QED) is 0.801. The van der Waals surface area contributed by atoms with Gasteiger partial charge in [-0.15, -0.1) is 0 Å². The summed E-state index contributed by atoms with van der Waals surface area (Å²) in [5.74, 6) is 1.97. The number of rotatable bonds is 6. The first-order valence-corrected chi connectivity index (χ1v) is 10.3. The van der Waals surface area contributed by atoms with Gasteiger partial charge in [0.2, 0.25) is 0 Å². The van der Waals surface area contributed by atoms with Crippen LogP contribution in [0.5, 0.6) is 17.2 Å². The summed E-state index contributed by atoms with van der Waals surface area (Å²) in [5, 5.41) is 10.8. The van der Waals surface area contributed by atoms with Crippen LogP contribution in [0, 0.1) is 12.8 Å². The topological polar surface area (TPSA) is 63.9 Å². The Morgan fingerprint density at radius 2 is 1.79 bits per heavy atom. The maximum atomic E-state index is 13.4. The van der Waals surface area contributed by atoms with Gasteiger partial charge >= 0.3 is 0 Å². The number of pyridine rings is 1. The predicted octanol–water partition coefficient (Wildman–Crippen LogP) is 3.72. The van der Waals surface area contributed by atoms with E-state index in [1.54, 1.807) is 24.9 Å². The zero-order valence-electron chi connectivity index (χ0n) is 18.1. The van der Waals surface area contributed by atoms with E-state index in [2.05, 4.69) is 11.8 Å². The van der Waals surface area contributed by atoms with Crippen molar-refractivity contribution in [3.8, 4) is 17.2 Å². The number of benzene rings is 1. The van der Waals surface area contributed by atoms with E-state index in [1.165, 1.54) is 0 Å². The first-order chi connectivity index (χ1) is 13.9. The van der Waals surface area contributed by atoms with Gasteiger partial charge in [-0.2, -0.15) is 0 Å². The van der Waals surface area contributed by atoms with Gasteiger partial charge in [0, 0.05) is 12.2 Å². The van der Waals surface area contributed by atoms with Crippen LogP contribution >= 0.6 is 0 Å². The minimum Gasteiger partial charge on any atom is -0.507 e. The van der Waals surface area contributed by atoms with Gasteiger partial charge in [0.25, 0.3) is 5.56 Å². The van der Waals surface area contributed by atoms with Crippen LogP contribution in [0.2, 0.25) is 0 Å². The Kier molecular flexibility index (Phi) is 6.52. The number of piperidine rings is 1. The summed E-state index contributed by atoms with van der Waals surface area (Å²) < 4.78 is 12.6. The monoisotopic (exact) mass is 400 g/mol. The zero-order chi connectivity index (χ0) is 21.1. The predicted molar refractivity (Wildman–Crippen MR) is 114 cm³/mol. The molecule has 6 nitrogen and oxygen atoms in total. The number of hydrogen-bond donors (Lipinski definition) is 1. The fraction of sp³-hybridized carbons (Fsp3) is 0.522. The second-order valence-electron chi connectivity index (χ2n) is 7.87. The number of nitrogens with zero attached hydrogens (tertiary/aromatic N) is 2. The molecule has 0 saturated carbocycles. The second kappa shape index (κ2) is 8.91. The lowest BCUT2D eigenvalue weighted by molar-refractivity contribution is 0.154. The highest BCUT2D eigenvalue weighted by Crippen LogP contribution is 2.38. The maximum absolute atomic E-state index is 13.4. The van der Waals surface area contributed by atoms with Gasteiger partial charge < -0.3 is 19.1 Å². The van der Waals surface area contributed by atoms with E-state index >= 15 is 0 Å². The minimum absolute atomic E-state index is 0.0515. The summed E-state index contributed by atoms with van der Waals surface area (Å²) >= 11 is 0. The number of hydrogen-bond acceptors (Lipinski definition) is 5. The number of ether oxygens (including phenoxy) is 2. The van der Waals surface area contributed by atoms with Gasteiger partial charge in [0.1, 0.15) is 5.75 Å². The standard InChI is InChI=1S/C23H32N2O4/c1-6-25-16(3)13-18(26)21(23(25)27)22(24-11-9-15(2)10-12-24)17-7-8-19(28-4)20(14-17)29-5/h7-8,13-15,22,26H,6,9-12H2,1-5H3. The fourth-order valence-corrected chi connectivity index (χ4v) is 4.29. The molecule has 3 rings (SSSR count). The molecule has 1 saturated heterocycles. The average Bonchev–Trinajstić information content (AvgIpc) is 2.71. The number of methoxy groups -OCH3 is 2. The molecule has 0 aliphatic carbocycles. The molecule has 1 fully saturated rings. The Labute approximate surface area is 172 Å². The van der Waals surface area contributed by atoms with Crippen LogP contribution < -0.4 is 15.0 Å². The van der Waals surface area contributed by atoms with E-state index in [0.29, 0.717) is 29.5 Å². The van der Waals surface area contributed by atoms with Crippen LogP contribution in [-0.4, -0.2) is 41.9 Å². The summed E-state index contributed by atoms with van der Waals surface area (Å²) in [5.41, 5.74) is 1.97. The van der Waals surface area contributed by atoms with Gasteiger partial charge in [-0.1, -0.05) is 13.0 Å². The lowest BCUT2D eigenvalue weighted by Gasteiger charge is -2.37.